The highest BCUT2D eigenvalue weighted by Gasteiger charge is 2.25. The van der Waals surface area contributed by atoms with E-state index in [-0.39, 0.29) is 12.1 Å². The van der Waals surface area contributed by atoms with Gasteiger partial charge >= 0.3 is 0 Å². The summed E-state index contributed by atoms with van der Waals surface area (Å²) in [6.07, 6.45) is 3.06. The number of nitrogens with zero attached hydrogens (tertiary/aromatic N) is 1. The fourth-order valence-electron chi connectivity index (χ4n) is 2.85. The molecule has 120 valence electrons. The van der Waals surface area contributed by atoms with Crippen molar-refractivity contribution in [2.24, 2.45) is 0 Å². The Morgan fingerprint density at radius 2 is 1.81 bits per heavy atom. The first-order valence-corrected chi connectivity index (χ1v) is 8.28. The van der Waals surface area contributed by atoms with Gasteiger partial charge in [0.25, 0.3) is 0 Å². The fourth-order valence-corrected chi connectivity index (χ4v) is 2.85. The van der Waals surface area contributed by atoms with Gasteiger partial charge in [-0.25, -0.2) is 0 Å². The van der Waals surface area contributed by atoms with Crippen molar-refractivity contribution in [1.29, 1.82) is 0 Å². The van der Waals surface area contributed by atoms with Crippen molar-refractivity contribution in [2.45, 2.75) is 52.5 Å². The molecule has 0 aromatic heterocycles. The Labute approximate surface area is 130 Å². The summed E-state index contributed by atoms with van der Waals surface area (Å²) in [7, 11) is 0. The summed E-state index contributed by atoms with van der Waals surface area (Å²) >= 11 is 0. The Kier molecular flexibility index (Phi) is 7.76. The molecule has 0 spiro atoms. The monoisotopic (exact) mass is 292 g/mol. The highest BCUT2D eigenvalue weighted by molar-refractivity contribution is 5.47. The smallest absolute Gasteiger partial charge is 0.0613 e. The molecule has 0 saturated carbocycles. The first kappa shape index (κ1) is 18.0. The predicted octanol–water partition coefficient (Wildman–Crippen LogP) is 3.35. The van der Waals surface area contributed by atoms with Crippen LogP contribution in [0.3, 0.4) is 0 Å². The first-order chi connectivity index (χ1) is 10.1. The fraction of sp³-hybridized carbons (Fsp3) is 0.667. The molecule has 0 radical (unpaired) electrons. The van der Waals surface area contributed by atoms with Crippen molar-refractivity contribution < 1.29 is 5.11 Å². The molecule has 0 aliphatic rings. The summed E-state index contributed by atoms with van der Waals surface area (Å²) in [4.78, 5) is 2.41. The van der Waals surface area contributed by atoms with E-state index in [0.29, 0.717) is 0 Å². The van der Waals surface area contributed by atoms with Gasteiger partial charge in [-0.15, -0.1) is 0 Å². The maximum absolute atomic E-state index is 9.70. The van der Waals surface area contributed by atoms with Crippen LogP contribution >= 0.6 is 0 Å². The molecule has 0 heterocycles. The van der Waals surface area contributed by atoms with E-state index in [1.807, 2.05) is 0 Å². The van der Waals surface area contributed by atoms with Gasteiger partial charge in [-0.1, -0.05) is 31.5 Å². The van der Waals surface area contributed by atoms with Crippen LogP contribution < -0.4 is 10.2 Å². The van der Waals surface area contributed by atoms with Crippen molar-refractivity contribution >= 4 is 5.69 Å². The zero-order valence-electron chi connectivity index (χ0n) is 14.2. The number of anilines is 1. The van der Waals surface area contributed by atoms with Crippen LogP contribution in [0, 0.1) is 6.92 Å². The predicted molar refractivity (Wildman–Crippen MR) is 92.1 cm³/mol. The Hall–Kier alpha value is -1.06. The maximum atomic E-state index is 9.70. The lowest BCUT2D eigenvalue weighted by molar-refractivity contribution is 0.147. The van der Waals surface area contributed by atoms with Crippen molar-refractivity contribution in [3.63, 3.8) is 0 Å². The minimum absolute atomic E-state index is 0.110. The number of aliphatic hydroxyl groups excluding tert-OH is 1. The van der Waals surface area contributed by atoms with Gasteiger partial charge in [0.2, 0.25) is 0 Å². The summed E-state index contributed by atoms with van der Waals surface area (Å²) < 4.78 is 0. The van der Waals surface area contributed by atoms with Crippen LogP contribution in [0.15, 0.2) is 24.3 Å². The summed E-state index contributed by atoms with van der Waals surface area (Å²) in [5, 5.41) is 13.2. The van der Waals surface area contributed by atoms with Gasteiger partial charge in [0.05, 0.1) is 6.61 Å². The number of aryl methyl sites for hydroxylation is 1. The molecule has 2 N–H and O–H groups in total. The number of nitrogens with one attached hydrogen (secondary N) is 1. The average molecular weight is 292 g/mol. The van der Waals surface area contributed by atoms with Gasteiger partial charge in [-0.3, -0.25) is 0 Å². The Balaban J connectivity index is 2.57. The van der Waals surface area contributed by atoms with Crippen LogP contribution in [-0.4, -0.2) is 36.9 Å². The van der Waals surface area contributed by atoms with Crippen molar-refractivity contribution in [3.05, 3.63) is 29.8 Å². The molecule has 21 heavy (non-hydrogen) atoms. The molecule has 0 bridgehead atoms. The van der Waals surface area contributed by atoms with Gasteiger partial charge in [-0.2, -0.15) is 0 Å². The van der Waals surface area contributed by atoms with Crippen molar-refractivity contribution in [3.8, 4) is 0 Å². The number of benzene rings is 1. The second-order valence-corrected chi connectivity index (χ2v) is 5.84. The number of likely N-dealkylation sites (N-methyl/N-ethyl adjacent to an activating group) is 1. The second-order valence-electron chi connectivity index (χ2n) is 5.84. The second kappa shape index (κ2) is 9.06. The molecular formula is C18H32N2O. The summed E-state index contributed by atoms with van der Waals surface area (Å²) in [6, 6.07) is 8.73. The third kappa shape index (κ3) is 5.33. The normalized spacial score (nSPS) is 14.0. The molecule has 1 aromatic rings. The van der Waals surface area contributed by atoms with E-state index < -0.39 is 0 Å². The van der Waals surface area contributed by atoms with Crippen molar-refractivity contribution in [1.82, 2.24) is 5.32 Å². The molecule has 1 rings (SSSR count). The number of aliphatic hydroxyl groups is 1. The molecule has 0 amide bonds. The number of rotatable bonds is 10. The van der Waals surface area contributed by atoms with Gasteiger partial charge in [-0.05, 0) is 51.8 Å². The van der Waals surface area contributed by atoms with Crippen LogP contribution in [-0.2, 0) is 0 Å². The SMILES string of the molecule is CCNC(CC)(CO)CCCN(CC)c1ccc(C)cc1. The zero-order chi connectivity index (χ0) is 15.7. The highest BCUT2D eigenvalue weighted by Crippen LogP contribution is 2.20. The van der Waals surface area contributed by atoms with Crippen molar-refractivity contribution in [2.75, 3.05) is 31.1 Å². The molecule has 0 aliphatic carbocycles. The minimum Gasteiger partial charge on any atom is -0.394 e. The van der Waals surface area contributed by atoms with Gasteiger partial charge in [0.15, 0.2) is 0 Å². The Bertz CT molecular complexity index is 385. The molecule has 0 fully saturated rings. The molecule has 0 aliphatic heterocycles. The van der Waals surface area contributed by atoms with Gasteiger partial charge < -0.3 is 15.3 Å². The van der Waals surface area contributed by atoms with E-state index in [4.69, 9.17) is 0 Å². The van der Waals surface area contributed by atoms with E-state index in [9.17, 15) is 5.11 Å². The lowest BCUT2D eigenvalue weighted by Gasteiger charge is -2.33. The Morgan fingerprint density at radius 1 is 1.14 bits per heavy atom. The minimum atomic E-state index is -0.110. The van der Waals surface area contributed by atoms with E-state index in [1.54, 1.807) is 0 Å². The standard InChI is InChI=1S/C18H32N2O/c1-5-18(15-21,19-6-2)13-8-14-20(7-3)17-11-9-16(4)10-12-17/h9-12,19,21H,5-8,13-15H2,1-4H3. The van der Waals surface area contributed by atoms with E-state index in [2.05, 4.69) is 62.2 Å². The lowest BCUT2D eigenvalue weighted by atomic mass is 9.91. The third-order valence-electron chi connectivity index (χ3n) is 4.40. The topological polar surface area (TPSA) is 35.5 Å². The third-order valence-corrected chi connectivity index (χ3v) is 4.40. The molecular weight excluding hydrogens is 260 g/mol. The number of hydrogen-bond acceptors (Lipinski definition) is 3. The quantitative estimate of drug-likeness (QED) is 0.694. The maximum Gasteiger partial charge on any atom is 0.0613 e. The molecule has 1 unspecified atom stereocenters. The summed E-state index contributed by atoms with van der Waals surface area (Å²) in [5.41, 5.74) is 2.48. The summed E-state index contributed by atoms with van der Waals surface area (Å²) in [5.74, 6) is 0. The van der Waals surface area contributed by atoms with Crippen LogP contribution in [0.1, 0.15) is 45.6 Å². The molecule has 3 nitrogen and oxygen atoms in total. The molecule has 0 saturated heterocycles. The van der Waals surface area contributed by atoms with E-state index in [1.165, 1.54) is 11.3 Å². The van der Waals surface area contributed by atoms with Crippen LogP contribution in [0.2, 0.25) is 0 Å². The zero-order valence-corrected chi connectivity index (χ0v) is 14.2. The average Bonchev–Trinajstić information content (AvgIpc) is 2.52. The Morgan fingerprint density at radius 3 is 2.29 bits per heavy atom. The largest absolute Gasteiger partial charge is 0.394 e. The molecule has 1 aromatic carbocycles. The van der Waals surface area contributed by atoms with Crippen LogP contribution in [0.4, 0.5) is 5.69 Å². The van der Waals surface area contributed by atoms with E-state index in [0.717, 1.165) is 38.9 Å². The van der Waals surface area contributed by atoms with Crippen LogP contribution in [0.5, 0.6) is 0 Å². The first-order valence-electron chi connectivity index (χ1n) is 8.28. The summed E-state index contributed by atoms with van der Waals surface area (Å²) in [6.45, 7) is 11.7. The van der Waals surface area contributed by atoms with E-state index >= 15 is 0 Å². The van der Waals surface area contributed by atoms with Gasteiger partial charge in [0, 0.05) is 24.3 Å². The highest BCUT2D eigenvalue weighted by atomic mass is 16.3. The molecule has 3 heteroatoms. The van der Waals surface area contributed by atoms with Gasteiger partial charge in [0.1, 0.15) is 0 Å². The number of hydrogen-bond donors (Lipinski definition) is 2. The van der Waals surface area contributed by atoms with Crippen LogP contribution in [0.25, 0.3) is 0 Å². The molecule has 1 atom stereocenters. The lowest BCUT2D eigenvalue weighted by Crippen LogP contribution is -2.48.